The predicted molar refractivity (Wildman–Crippen MR) is 217 cm³/mol. The highest BCUT2D eigenvalue weighted by molar-refractivity contribution is 5.69. The Morgan fingerprint density at radius 1 is 0.462 bits per heavy atom. The first-order valence-electron chi connectivity index (χ1n) is 21.4. The molecule has 0 amide bonds. The molecule has 7 heteroatoms. The summed E-state index contributed by atoms with van der Waals surface area (Å²) in [6.07, 6.45) is 43.6. The molecule has 0 radical (unpaired) electrons. The minimum Gasteiger partial charge on any atom is -0.463 e. The Balaban J connectivity index is 3.62. The van der Waals surface area contributed by atoms with Crippen LogP contribution in [0.5, 0.6) is 0 Å². The number of rotatable bonds is 38. The number of esters is 2. The molecule has 0 aliphatic carbocycles. The van der Waals surface area contributed by atoms with Crippen LogP contribution in [0.2, 0.25) is 0 Å². The lowest BCUT2D eigenvalue weighted by molar-refractivity contribution is -0.152. The number of unbranched alkanes of at least 4 members (excludes halogenated alkanes) is 18. The van der Waals surface area contributed by atoms with Gasteiger partial charge in [-0.3, -0.25) is 9.59 Å². The monoisotopic (exact) mass is 733 g/mol. The number of aliphatic hydroxyl groups is 3. The van der Waals surface area contributed by atoms with Gasteiger partial charge in [-0.05, 0) is 51.4 Å². The molecule has 0 saturated carbocycles. The largest absolute Gasteiger partial charge is 0.463 e. The van der Waals surface area contributed by atoms with Crippen LogP contribution in [0.25, 0.3) is 0 Å². The van der Waals surface area contributed by atoms with Crippen LogP contribution >= 0.6 is 0 Å². The van der Waals surface area contributed by atoms with Crippen molar-refractivity contribution in [3.63, 3.8) is 0 Å². The maximum Gasteiger partial charge on any atom is 0.305 e. The molecule has 0 aromatic rings. The second-order valence-corrected chi connectivity index (χ2v) is 14.4. The Kier molecular flexibility index (Phi) is 38.3. The van der Waals surface area contributed by atoms with Crippen molar-refractivity contribution in [2.45, 2.75) is 212 Å². The molecule has 3 N–H and O–H groups in total. The molecule has 0 bridgehead atoms. The van der Waals surface area contributed by atoms with Crippen molar-refractivity contribution >= 4 is 11.9 Å². The van der Waals surface area contributed by atoms with Crippen molar-refractivity contribution in [2.75, 3.05) is 13.2 Å². The minimum absolute atomic E-state index is 0.0691. The van der Waals surface area contributed by atoms with E-state index in [1.54, 1.807) is 0 Å². The normalized spacial score (nSPS) is 13.9. The van der Waals surface area contributed by atoms with Crippen LogP contribution in [0.15, 0.2) is 48.6 Å². The molecule has 0 saturated heterocycles. The van der Waals surface area contributed by atoms with Gasteiger partial charge in [0.05, 0.1) is 12.2 Å². The lowest BCUT2D eigenvalue weighted by atomic mass is 10.0. The third-order valence-electron chi connectivity index (χ3n) is 9.28. The number of ether oxygens (including phenoxy) is 2. The van der Waals surface area contributed by atoms with E-state index in [1.165, 1.54) is 103 Å². The number of allylic oxidation sites excluding steroid dienone is 7. The molecule has 0 aromatic carbocycles. The van der Waals surface area contributed by atoms with E-state index in [2.05, 4.69) is 50.3 Å². The highest BCUT2D eigenvalue weighted by atomic mass is 16.6. The lowest BCUT2D eigenvalue weighted by Gasteiger charge is -2.16. The average molecular weight is 733 g/mol. The number of hydrogen-bond acceptors (Lipinski definition) is 7. The quantitative estimate of drug-likeness (QED) is 0.0329. The third kappa shape index (κ3) is 37.5. The summed E-state index contributed by atoms with van der Waals surface area (Å²) in [5, 5.41) is 30.4. The van der Waals surface area contributed by atoms with Gasteiger partial charge in [-0.15, -0.1) is 0 Å². The molecule has 0 heterocycles. The average Bonchev–Trinajstić information content (AvgIpc) is 3.14. The fraction of sp³-hybridized carbons (Fsp3) is 0.778. The first kappa shape index (κ1) is 49.8. The van der Waals surface area contributed by atoms with Crippen molar-refractivity contribution in [1.29, 1.82) is 0 Å². The zero-order valence-electron chi connectivity index (χ0n) is 33.5. The van der Waals surface area contributed by atoms with Crippen molar-refractivity contribution < 1.29 is 34.4 Å². The highest BCUT2D eigenvalue weighted by Gasteiger charge is 2.16. The van der Waals surface area contributed by atoms with Gasteiger partial charge in [0.25, 0.3) is 0 Å². The van der Waals surface area contributed by atoms with Gasteiger partial charge in [-0.1, -0.05) is 178 Å². The van der Waals surface area contributed by atoms with Crippen LogP contribution < -0.4 is 0 Å². The topological polar surface area (TPSA) is 113 Å². The summed E-state index contributed by atoms with van der Waals surface area (Å²) in [4.78, 5) is 24.0. The number of carbonyl (C=O) groups excluding carboxylic acids is 2. The van der Waals surface area contributed by atoms with Crippen LogP contribution in [0.3, 0.4) is 0 Å². The zero-order chi connectivity index (χ0) is 38.2. The molecule has 0 aliphatic rings. The summed E-state index contributed by atoms with van der Waals surface area (Å²) in [6.45, 7) is 3.95. The fourth-order valence-electron chi connectivity index (χ4n) is 5.94. The van der Waals surface area contributed by atoms with Crippen LogP contribution in [0, 0.1) is 0 Å². The minimum atomic E-state index is -1.07. The van der Waals surface area contributed by atoms with Gasteiger partial charge in [-0.2, -0.15) is 0 Å². The maximum atomic E-state index is 12.0. The smallest absolute Gasteiger partial charge is 0.305 e. The number of hydrogen-bond donors (Lipinski definition) is 3. The maximum absolute atomic E-state index is 12.0. The molecule has 302 valence electrons. The molecule has 0 fully saturated rings. The number of carbonyl (C=O) groups is 2. The highest BCUT2D eigenvalue weighted by Crippen LogP contribution is 2.15. The summed E-state index contributed by atoms with van der Waals surface area (Å²) in [6, 6.07) is 0. The molecule has 7 nitrogen and oxygen atoms in total. The molecule has 0 rings (SSSR count). The van der Waals surface area contributed by atoms with E-state index in [9.17, 15) is 24.9 Å². The SMILES string of the molecule is CC/C=C\C/C=C\C/C=C\C/C=C\C[C@H](O)[C@@H](O)CCCC(=O)OC[C@H](O)COC(=O)CCCCCCCCCCCCCCCCCCCCC. The zero-order valence-corrected chi connectivity index (χ0v) is 33.5. The molecular weight excluding hydrogens is 652 g/mol. The standard InChI is InChI=1S/C45H80O7/c1-3-5-7-9-11-13-15-17-18-19-20-21-22-23-25-27-29-31-33-37-44(49)51-39-41(46)40-52-45(50)38-34-36-43(48)42(47)35-32-30-28-26-24-16-14-12-10-8-6-4-2/h6,8,12,14,24,26,30,32,41-43,46-48H,3-5,7,9-11,13,15-23,25,27-29,31,33-40H2,1-2H3/b8-6-,14-12-,26-24-,32-30-/t41-,42+,43+/m1/s1. The second kappa shape index (κ2) is 40.0. The van der Waals surface area contributed by atoms with Crippen LogP contribution in [0.4, 0.5) is 0 Å². The van der Waals surface area contributed by atoms with Crippen molar-refractivity contribution in [1.82, 2.24) is 0 Å². The van der Waals surface area contributed by atoms with Crippen molar-refractivity contribution in [2.24, 2.45) is 0 Å². The Morgan fingerprint density at radius 3 is 1.25 bits per heavy atom. The first-order valence-corrected chi connectivity index (χ1v) is 21.4. The Hall–Kier alpha value is -2.22. The molecule has 0 aliphatic heterocycles. The van der Waals surface area contributed by atoms with Crippen LogP contribution in [-0.2, 0) is 19.1 Å². The van der Waals surface area contributed by atoms with Gasteiger partial charge in [0.15, 0.2) is 0 Å². The molecular formula is C45H80O7. The van der Waals surface area contributed by atoms with Gasteiger partial charge in [-0.25, -0.2) is 0 Å². The van der Waals surface area contributed by atoms with Gasteiger partial charge in [0.1, 0.15) is 19.3 Å². The molecule has 0 unspecified atom stereocenters. The molecule has 0 spiro atoms. The van der Waals surface area contributed by atoms with E-state index in [-0.39, 0.29) is 32.0 Å². The van der Waals surface area contributed by atoms with Crippen LogP contribution in [-0.4, -0.2) is 58.8 Å². The molecule has 52 heavy (non-hydrogen) atoms. The summed E-state index contributed by atoms with van der Waals surface area (Å²) >= 11 is 0. The summed E-state index contributed by atoms with van der Waals surface area (Å²) < 4.78 is 10.2. The lowest BCUT2D eigenvalue weighted by Crippen LogP contribution is -2.26. The summed E-state index contributed by atoms with van der Waals surface area (Å²) in [5.41, 5.74) is 0. The fourth-order valence-corrected chi connectivity index (χ4v) is 5.94. The second-order valence-electron chi connectivity index (χ2n) is 14.4. The van der Waals surface area contributed by atoms with E-state index < -0.39 is 24.3 Å². The first-order chi connectivity index (χ1) is 25.4. The van der Waals surface area contributed by atoms with E-state index >= 15 is 0 Å². The molecule has 3 atom stereocenters. The third-order valence-corrected chi connectivity index (χ3v) is 9.28. The van der Waals surface area contributed by atoms with E-state index in [0.717, 1.165) is 44.9 Å². The summed E-state index contributed by atoms with van der Waals surface area (Å²) in [7, 11) is 0. The number of aliphatic hydroxyl groups excluding tert-OH is 3. The Labute approximate surface area is 319 Å². The van der Waals surface area contributed by atoms with Crippen molar-refractivity contribution in [3.8, 4) is 0 Å². The van der Waals surface area contributed by atoms with E-state index in [1.807, 2.05) is 12.2 Å². The van der Waals surface area contributed by atoms with E-state index in [4.69, 9.17) is 9.47 Å². The van der Waals surface area contributed by atoms with Gasteiger partial charge >= 0.3 is 11.9 Å². The van der Waals surface area contributed by atoms with E-state index in [0.29, 0.717) is 19.3 Å². The van der Waals surface area contributed by atoms with Gasteiger partial charge < -0.3 is 24.8 Å². The van der Waals surface area contributed by atoms with Crippen molar-refractivity contribution in [3.05, 3.63) is 48.6 Å². The Morgan fingerprint density at radius 2 is 0.827 bits per heavy atom. The van der Waals surface area contributed by atoms with Crippen LogP contribution in [0.1, 0.15) is 194 Å². The van der Waals surface area contributed by atoms with Gasteiger partial charge in [0, 0.05) is 12.8 Å². The predicted octanol–water partition coefficient (Wildman–Crippen LogP) is 11.3. The molecule has 0 aromatic heterocycles. The Bertz CT molecular complexity index is 909. The summed E-state index contributed by atoms with van der Waals surface area (Å²) in [5.74, 6) is -0.838. The van der Waals surface area contributed by atoms with Gasteiger partial charge in [0.2, 0.25) is 0 Å².